The van der Waals surface area contributed by atoms with E-state index in [1.807, 2.05) is 28.6 Å². The topological polar surface area (TPSA) is 25.9 Å². The number of Topliss-reactive ketones (excluding diaryl/α,β-unsaturated/α-hetero) is 1. The lowest BCUT2D eigenvalue weighted by atomic mass is 10.4. The average molecular weight is 218 g/mol. The summed E-state index contributed by atoms with van der Waals surface area (Å²) in [5.41, 5.74) is 0. The Kier molecular flexibility index (Phi) is 2.44. The van der Waals surface area contributed by atoms with Gasteiger partial charge in [0.05, 0.1) is 7.05 Å². The molecule has 0 N–H and O–H groups in total. The standard InChI is InChI=1S/C7H10BrN2O/c1-6(11)5-10-4-3-9(2)7(10)8/h3-4H,5H2,1-2H3/q+1. The SMILES string of the molecule is CC(=O)Cn1cc[n+](C)c1Br. The number of nitrogens with zero attached hydrogens (tertiary/aromatic N) is 2. The highest BCUT2D eigenvalue weighted by molar-refractivity contribution is 9.10. The number of hydrogen-bond donors (Lipinski definition) is 0. The van der Waals surface area contributed by atoms with Crippen LogP contribution in [0.1, 0.15) is 6.92 Å². The average Bonchev–Trinajstić information content (AvgIpc) is 2.18. The Morgan fingerprint density at radius 1 is 1.82 bits per heavy atom. The molecule has 0 aliphatic rings. The fraction of sp³-hybridized carbons (Fsp3) is 0.429. The van der Waals surface area contributed by atoms with Gasteiger partial charge in [0.2, 0.25) is 0 Å². The van der Waals surface area contributed by atoms with Gasteiger partial charge in [-0.15, -0.1) is 0 Å². The van der Waals surface area contributed by atoms with E-state index >= 15 is 0 Å². The molecule has 0 unspecified atom stereocenters. The first-order valence-corrected chi connectivity index (χ1v) is 4.10. The summed E-state index contributed by atoms with van der Waals surface area (Å²) in [5.74, 6) is 0.155. The molecule has 1 aromatic rings. The summed E-state index contributed by atoms with van der Waals surface area (Å²) in [5, 5.41) is 0. The quantitative estimate of drug-likeness (QED) is 0.669. The summed E-state index contributed by atoms with van der Waals surface area (Å²) in [6.45, 7) is 2.01. The largest absolute Gasteiger partial charge is 0.325 e. The third-order valence-electron chi connectivity index (χ3n) is 1.39. The van der Waals surface area contributed by atoms with Crippen LogP contribution in [0, 0.1) is 0 Å². The smallest absolute Gasteiger partial charge is 0.296 e. The zero-order chi connectivity index (χ0) is 8.43. The predicted molar refractivity (Wildman–Crippen MR) is 44.0 cm³/mol. The van der Waals surface area contributed by atoms with Crippen molar-refractivity contribution in [1.82, 2.24) is 4.57 Å². The lowest BCUT2D eigenvalue weighted by molar-refractivity contribution is -0.682. The van der Waals surface area contributed by atoms with E-state index in [-0.39, 0.29) is 5.78 Å². The van der Waals surface area contributed by atoms with Gasteiger partial charge in [-0.2, -0.15) is 0 Å². The van der Waals surface area contributed by atoms with Gasteiger partial charge in [0.15, 0.2) is 5.78 Å². The lowest BCUT2D eigenvalue weighted by Gasteiger charge is -1.91. The van der Waals surface area contributed by atoms with Gasteiger partial charge in [0.25, 0.3) is 0 Å². The van der Waals surface area contributed by atoms with Crippen molar-refractivity contribution in [2.45, 2.75) is 13.5 Å². The van der Waals surface area contributed by atoms with Gasteiger partial charge in [-0.25, -0.2) is 9.13 Å². The van der Waals surface area contributed by atoms with Crippen molar-refractivity contribution < 1.29 is 9.36 Å². The maximum absolute atomic E-state index is 10.7. The second-order valence-corrected chi connectivity index (χ2v) is 3.22. The number of carbonyl (C=O) groups excluding carboxylic acids is 1. The van der Waals surface area contributed by atoms with Gasteiger partial charge in [-0.1, -0.05) is 0 Å². The molecule has 3 nitrogen and oxygen atoms in total. The van der Waals surface area contributed by atoms with Gasteiger partial charge in [-0.3, -0.25) is 4.79 Å². The molecule has 0 aromatic carbocycles. The molecule has 60 valence electrons. The summed E-state index contributed by atoms with van der Waals surface area (Å²) in [6, 6.07) is 0. The van der Waals surface area contributed by atoms with Crippen molar-refractivity contribution in [1.29, 1.82) is 0 Å². The molecule has 0 atom stereocenters. The van der Waals surface area contributed by atoms with Crippen molar-refractivity contribution in [3.63, 3.8) is 0 Å². The maximum Gasteiger partial charge on any atom is 0.325 e. The van der Waals surface area contributed by atoms with Crippen LogP contribution in [0.25, 0.3) is 0 Å². The number of aryl methyl sites for hydroxylation is 1. The third kappa shape index (κ3) is 1.89. The highest BCUT2D eigenvalue weighted by Crippen LogP contribution is 2.02. The molecule has 0 saturated heterocycles. The molecule has 0 spiro atoms. The van der Waals surface area contributed by atoms with Crippen LogP contribution in [0.15, 0.2) is 17.1 Å². The molecule has 0 radical (unpaired) electrons. The Morgan fingerprint density at radius 2 is 2.45 bits per heavy atom. The predicted octanol–water partition coefficient (Wildman–Crippen LogP) is 0.664. The van der Waals surface area contributed by atoms with Crippen molar-refractivity contribution in [2.24, 2.45) is 7.05 Å². The Hall–Kier alpha value is -0.640. The van der Waals surface area contributed by atoms with E-state index in [2.05, 4.69) is 15.9 Å². The highest BCUT2D eigenvalue weighted by atomic mass is 79.9. The van der Waals surface area contributed by atoms with Gasteiger partial charge >= 0.3 is 4.73 Å². The number of halogens is 1. The first-order valence-electron chi connectivity index (χ1n) is 3.31. The van der Waals surface area contributed by atoms with Crippen LogP contribution in [0.3, 0.4) is 0 Å². The molecule has 1 rings (SSSR count). The van der Waals surface area contributed by atoms with Crippen LogP contribution < -0.4 is 4.57 Å². The second kappa shape index (κ2) is 3.17. The summed E-state index contributed by atoms with van der Waals surface area (Å²) < 4.78 is 4.67. The number of ketones is 1. The number of rotatable bonds is 2. The van der Waals surface area contributed by atoms with Gasteiger partial charge in [0.1, 0.15) is 18.9 Å². The molecule has 0 amide bonds. The molecule has 0 saturated carbocycles. The molecular weight excluding hydrogens is 208 g/mol. The van der Waals surface area contributed by atoms with Gasteiger partial charge in [-0.05, 0) is 6.92 Å². The van der Waals surface area contributed by atoms with Crippen LogP contribution >= 0.6 is 15.9 Å². The summed E-state index contributed by atoms with van der Waals surface area (Å²) in [4.78, 5) is 10.7. The van der Waals surface area contributed by atoms with Gasteiger partial charge in [0, 0.05) is 15.9 Å². The fourth-order valence-corrected chi connectivity index (χ4v) is 1.23. The normalized spacial score (nSPS) is 10.1. The van der Waals surface area contributed by atoms with E-state index in [1.54, 1.807) is 6.92 Å². The lowest BCUT2D eigenvalue weighted by Crippen LogP contribution is -2.27. The van der Waals surface area contributed by atoms with Crippen molar-refractivity contribution in [3.05, 3.63) is 17.1 Å². The molecule has 11 heavy (non-hydrogen) atoms. The molecule has 1 heterocycles. The van der Waals surface area contributed by atoms with Crippen LogP contribution in [0.4, 0.5) is 0 Å². The van der Waals surface area contributed by atoms with Gasteiger partial charge < -0.3 is 0 Å². The summed E-state index contributed by atoms with van der Waals surface area (Å²) in [6.07, 6.45) is 3.76. The van der Waals surface area contributed by atoms with Crippen molar-refractivity contribution in [3.8, 4) is 0 Å². The van der Waals surface area contributed by atoms with E-state index in [0.29, 0.717) is 6.54 Å². The Bertz CT molecular complexity index is 280. The minimum absolute atomic E-state index is 0.155. The van der Waals surface area contributed by atoms with Crippen LogP contribution in [-0.4, -0.2) is 10.4 Å². The number of aromatic nitrogens is 2. The Morgan fingerprint density at radius 3 is 2.82 bits per heavy atom. The van der Waals surface area contributed by atoms with Crippen LogP contribution in [0.2, 0.25) is 0 Å². The minimum Gasteiger partial charge on any atom is -0.296 e. The van der Waals surface area contributed by atoms with Crippen LogP contribution in [-0.2, 0) is 18.4 Å². The van der Waals surface area contributed by atoms with Crippen LogP contribution in [0.5, 0.6) is 0 Å². The fourth-order valence-electron chi connectivity index (χ4n) is 0.864. The Balaban J connectivity index is 2.87. The number of hydrogen-bond acceptors (Lipinski definition) is 1. The molecule has 1 aromatic heterocycles. The minimum atomic E-state index is 0.155. The van der Waals surface area contributed by atoms with E-state index in [9.17, 15) is 4.79 Å². The second-order valence-electron chi connectivity index (χ2n) is 2.51. The highest BCUT2D eigenvalue weighted by Gasteiger charge is 2.11. The van der Waals surface area contributed by atoms with Crippen molar-refractivity contribution >= 4 is 21.7 Å². The number of carbonyl (C=O) groups is 1. The molecule has 0 bridgehead atoms. The molecule has 0 aliphatic carbocycles. The summed E-state index contributed by atoms with van der Waals surface area (Å²) in [7, 11) is 1.92. The zero-order valence-electron chi connectivity index (χ0n) is 6.54. The third-order valence-corrected chi connectivity index (χ3v) is 2.41. The number of imidazole rings is 1. The van der Waals surface area contributed by atoms with E-state index in [1.165, 1.54) is 0 Å². The van der Waals surface area contributed by atoms with Crippen molar-refractivity contribution in [2.75, 3.05) is 0 Å². The molecular formula is C7H10BrN2O+. The first kappa shape index (κ1) is 8.46. The zero-order valence-corrected chi connectivity index (χ0v) is 8.13. The summed E-state index contributed by atoms with van der Waals surface area (Å²) >= 11 is 3.35. The van der Waals surface area contributed by atoms with E-state index in [4.69, 9.17) is 0 Å². The maximum atomic E-state index is 10.7. The van der Waals surface area contributed by atoms with E-state index < -0.39 is 0 Å². The molecule has 0 fully saturated rings. The Labute approximate surface area is 73.8 Å². The molecule has 0 aliphatic heterocycles. The van der Waals surface area contributed by atoms with E-state index in [0.717, 1.165) is 4.73 Å². The molecule has 4 heteroatoms. The monoisotopic (exact) mass is 217 g/mol. The first-order chi connectivity index (χ1) is 5.11.